The van der Waals surface area contributed by atoms with Crippen molar-refractivity contribution < 1.29 is 0 Å². The normalized spacial score (nSPS) is 22.5. The molecule has 1 unspecified atom stereocenters. The largest absolute Gasteiger partial charge is 0.325 e. The Balaban J connectivity index is 1.89. The Kier molecular flexibility index (Phi) is 3.48. The van der Waals surface area contributed by atoms with E-state index in [4.69, 9.17) is 5.73 Å². The molecule has 3 N–H and O–H groups in total. The predicted molar refractivity (Wildman–Crippen MR) is 60.3 cm³/mol. The quantitative estimate of drug-likeness (QED) is 0.800. The molecule has 4 heteroatoms. The number of hydrogen-bond donors (Lipinski definition) is 2. The van der Waals surface area contributed by atoms with E-state index in [1.807, 2.05) is 0 Å². The summed E-state index contributed by atoms with van der Waals surface area (Å²) in [7, 11) is 0. The second-order valence-corrected chi connectivity index (χ2v) is 5.19. The molecule has 1 fully saturated rings. The molecule has 1 aliphatic rings. The Morgan fingerprint density at radius 1 is 1.57 bits per heavy atom. The van der Waals surface area contributed by atoms with Gasteiger partial charge in [0.05, 0.1) is 5.69 Å². The molecular weight excluding hydrogens is 194 g/mol. The monoisotopic (exact) mass is 211 g/mol. The SMILES string of the molecule is NCc1cc(CC2CCCCS2)n[nH]1. The fourth-order valence-corrected chi connectivity index (χ4v) is 3.15. The number of H-pyrrole nitrogens is 1. The summed E-state index contributed by atoms with van der Waals surface area (Å²) < 4.78 is 0. The van der Waals surface area contributed by atoms with Crippen molar-refractivity contribution in [1.29, 1.82) is 0 Å². The Hall–Kier alpha value is -0.480. The van der Waals surface area contributed by atoms with Crippen molar-refractivity contribution in [3.63, 3.8) is 0 Å². The molecule has 0 saturated carbocycles. The Bertz CT molecular complexity index is 279. The lowest BCUT2D eigenvalue weighted by atomic mass is 10.1. The average molecular weight is 211 g/mol. The van der Waals surface area contributed by atoms with E-state index in [1.165, 1.54) is 30.7 Å². The van der Waals surface area contributed by atoms with Gasteiger partial charge >= 0.3 is 0 Å². The fraction of sp³-hybridized carbons (Fsp3) is 0.700. The minimum atomic E-state index is 0.560. The zero-order valence-corrected chi connectivity index (χ0v) is 9.15. The van der Waals surface area contributed by atoms with Crippen LogP contribution in [-0.4, -0.2) is 21.2 Å². The van der Waals surface area contributed by atoms with E-state index >= 15 is 0 Å². The molecule has 2 heterocycles. The molecule has 1 atom stereocenters. The van der Waals surface area contributed by atoms with Gasteiger partial charge in [0.25, 0.3) is 0 Å². The van der Waals surface area contributed by atoms with Crippen LogP contribution in [0, 0.1) is 0 Å². The number of aromatic nitrogens is 2. The molecule has 1 aromatic heterocycles. The van der Waals surface area contributed by atoms with Gasteiger partial charge in [-0.1, -0.05) is 6.42 Å². The Morgan fingerprint density at radius 3 is 3.14 bits per heavy atom. The van der Waals surface area contributed by atoms with Crippen LogP contribution >= 0.6 is 11.8 Å². The minimum Gasteiger partial charge on any atom is -0.325 e. The van der Waals surface area contributed by atoms with Gasteiger partial charge in [-0.15, -0.1) is 0 Å². The molecule has 3 nitrogen and oxygen atoms in total. The topological polar surface area (TPSA) is 54.7 Å². The van der Waals surface area contributed by atoms with Gasteiger partial charge in [0, 0.05) is 23.9 Å². The third kappa shape index (κ3) is 2.51. The molecule has 1 aliphatic heterocycles. The molecular formula is C10H17N3S. The minimum absolute atomic E-state index is 0.560. The van der Waals surface area contributed by atoms with E-state index in [1.54, 1.807) is 0 Å². The van der Waals surface area contributed by atoms with E-state index in [0.29, 0.717) is 6.54 Å². The van der Waals surface area contributed by atoms with Gasteiger partial charge < -0.3 is 5.73 Å². The molecule has 0 radical (unpaired) electrons. The van der Waals surface area contributed by atoms with Crippen LogP contribution in [0.3, 0.4) is 0 Å². The van der Waals surface area contributed by atoms with E-state index in [0.717, 1.165) is 17.4 Å². The van der Waals surface area contributed by atoms with Crippen LogP contribution in [0.1, 0.15) is 30.7 Å². The summed E-state index contributed by atoms with van der Waals surface area (Å²) in [5, 5.41) is 8.00. The molecule has 14 heavy (non-hydrogen) atoms. The number of hydrogen-bond acceptors (Lipinski definition) is 3. The van der Waals surface area contributed by atoms with Crippen molar-refractivity contribution in [2.45, 2.75) is 37.5 Å². The van der Waals surface area contributed by atoms with Crippen LogP contribution in [0.4, 0.5) is 0 Å². The second-order valence-electron chi connectivity index (χ2n) is 3.78. The van der Waals surface area contributed by atoms with E-state index in [9.17, 15) is 0 Å². The van der Waals surface area contributed by atoms with Gasteiger partial charge in [0.1, 0.15) is 0 Å². The number of rotatable bonds is 3. The van der Waals surface area contributed by atoms with Gasteiger partial charge in [-0.05, 0) is 24.7 Å². The lowest BCUT2D eigenvalue weighted by molar-refractivity contribution is 0.654. The van der Waals surface area contributed by atoms with Crippen molar-refractivity contribution >= 4 is 11.8 Å². The molecule has 0 spiro atoms. The van der Waals surface area contributed by atoms with Crippen molar-refractivity contribution in [3.8, 4) is 0 Å². The van der Waals surface area contributed by atoms with Crippen LogP contribution in [0.15, 0.2) is 6.07 Å². The third-order valence-corrected chi connectivity index (χ3v) is 4.01. The second kappa shape index (κ2) is 4.84. The first-order valence-corrected chi connectivity index (χ1v) is 6.28. The van der Waals surface area contributed by atoms with Crippen LogP contribution in [0.25, 0.3) is 0 Å². The number of aromatic amines is 1. The molecule has 2 rings (SSSR count). The summed E-state index contributed by atoms with van der Waals surface area (Å²) in [6.45, 7) is 0.560. The lowest BCUT2D eigenvalue weighted by Gasteiger charge is -2.19. The van der Waals surface area contributed by atoms with Gasteiger partial charge in [-0.25, -0.2) is 0 Å². The molecule has 1 aromatic rings. The maximum absolute atomic E-state index is 5.52. The maximum atomic E-state index is 5.52. The summed E-state index contributed by atoms with van der Waals surface area (Å²) in [6.07, 6.45) is 5.21. The third-order valence-electron chi connectivity index (χ3n) is 2.61. The average Bonchev–Trinajstić information content (AvgIpc) is 2.67. The zero-order chi connectivity index (χ0) is 9.80. The van der Waals surface area contributed by atoms with Crippen LogP contribution in [0.2, 0.25) is 0 Å². The number of nitrogens with one attached hydrogen (secondary N) is 1. The smallest absolute Gasteiger partial charge is 0.0636 e. The summed E-state index contributed by atoms with van der Waals surface area (Å²) in [5.74, 6) is 1.32. The Labute approximate surface area is 88.8 Å². The first-order valence-electron chi connectivity index (χ1n) is 5.23. The van der Waals surface area contributed by atoms with Crippen molar-refractivity contribution in [3.05, 3.63) is 17.5 Å². The summed E-state index contributed by atoms with van der Waals surface area (Å²) >= 11 is 2.09. The molecule has 0 aromatic carbocycles. The van der Waals surface area contributed by atoms with Crippen LogP contribution in [0.5, 0.6) is 0 Å². The van der Waals surface area contributed by atoms with Crippen molar-refractivity contribution in [2.75, 3.05) is 5.75 Å². The van der Waals surface area contributed by atoms with Gasteiger partial charge in [-0.3, -0.25) is 5.10 Å². The molecule has 0 bridgehead atoms. The summed E-state index contributed by atoms with van der Waals surface area (Å²) in [6, 6.07) is 2.09. The summed E-state index contributed by atoms with van der Waals surface area (Å²) in [5.41, 5.74) is 7.73. The predicted octanol–water partition coefficient (Wildman–Crippen LogP) is 1.70. The summed E-state index contributed by atoms with van der Waals surface area (Å²) in [4.78, 5) is 0. The molecule has 0 amide bonds. The zero-order valence-electron chi connectivity index (χ0n) is 8.33. The van der Waals surface area contributed by atoms with E-state index in [-0.39, 0.29) is 0 Å². The fourth-order valence-electron chi connectivity index (χ4n) is 1.82. The van der Waals surface area contributed by atoms with Crippen LogP contribution < -0.4 is 5.73 Å². The number of nitrogens with two attached hydrogens (primary N) is 1. The van der Waals surface area contributed by atoms with Gasteiger partial charge in [0.15, 0.2) is 0 Å². The van der Waals surface area contributed by atoms with Gasteiger partial charge in [0.2, 0.25) is 0 Å². The van der Waals surface area contributed by atoms with E-state index < -0.39 is 0 Å². The maximum Gasteiger partial charge on any atom is 0.0636 e. The highest BCUT2D eigenvalue weighted by atomic mass is 32.2. The molecule has 78 valence electrons. The van der Waals surface area contributed by atoms with E-state index in [2.05, 4.69) is 28.0 Å². The van der Waals surface area contributed by atoms with Gasteiger partial charge in [-0.2, -0.15) is 16.9 Å². The highest BCUT2D eigenvalue weighted by Gasteiger charge is 2.15. The molecule has 1 saturated heterocycles. The molecule has 0 aliphatic carbocycles. The first-order chi connectivity index (χ1) is 6.88. The lowest BCUT2D eigenvalue weighted by Crippen LogP contribution is -2.12. The number of thioether (sulfide) groups is 1. The highest BCUT2D eigenvalue weighted by Crippen LogP contribution is 2.27. The highest BCUT2D eigenvalue weighted by molar-refractivity contribution is 7.99. The standard InChI is InChI=1S/C10H17N3S/c11-7-9-5-8(12-13-9)6-10-3-1-2-4-14-10/h5,10H,1-4,6-7,11H2,(H,12,13). The number of nitrogens with zero attached hydrogens (tertiary/aromatic N) is 1. The van der Waals surface area contributed by atoms with Crippen LogP contribution in [-0.2, 0) is 13.0 Å². The van der Waals surface area contributed by atoms with Crippen molar-refractivity contribution in [2.24, 2.45) is 5.73 Å². The van der Waals surface area contributed by atoms with Crippen molar-refractivity contribution in [1.82, 2.24) is 10.2 Å². The first kappa shape index (κ1) is 10.1. The Morgan fingerprint density at radius 2 is 2.50 bits per heavy atom.